The zero-order valence-corrected chi connectivity index (χ0v) is 16.4. The molecule has 0 radical (unpaired) electrons. The minimum atomic E-state index is -0.119. The molecule has 0 aliphatic carbocycles. The summed E-state index contributed by atoms with van der Waals surface area (Å²) in [5.74, 6) is -0.0485. The summed E-state index contributed by atoms with van der Waals surface area (Å²) in [6, 6.07) is 5.71. The number of halogens is 2. The summed E-state index contributed by atoms with van der Waals surface area (Å²) in [6.07, 6.45) is 0. The molecule has 2 rings (SSSR count). The van der Waals surface area contributed by atoms with Gasteiger partial charge in [-0.05, 0) is 37.7 Å². The van der Waals surface area contributed by atoms with Crippen molar-refractivity contribution in [2.75, 3.05) is 51.6 Å². The topological polar surface area (TPSA) is 64.7 Å². The molecule has 0 bridgehead atoms. The van der Waals surface area contributed by atoms with E-state index in [1.54, 1.807) is 11.9 Å². The summed E-state index contributed by atoms with van der Waals surface area (Å²) in [5.41, 5.74) is 1.78. The Morgan fingerprint density at radius 2 is 1.96 bits per heavy atom. The number of carbonyl (C=O) groups is 2. The van der Waals surface area contributed by atoms with Crippen LogP contribution in [0.2, 0.25) is 0 Å². The van der Waals surface area contributed by atoms with Crippen LogP contribution >= 0.6 is 28.3 Å². The largest absolute Gasteiger partial charge is 0.339 e. The number of aryl methyl sites for hydroxylation is 1. The minimum Gasteiger partial charge on any atom is -0.339 e. The molecule has 1 aromatic rings. The molecule has 134 valence electrons. The zero-order valence-electron chi connectivity index (χ0n) is 14.0. The molecule has 0 saturated carbocycles. The number of nitrogens with one attached hydrogen (secondary N) is 2. The number of benzene rings is 1. The quantitative estimate of drug-likeness (QED) is 0.759. The van der Waals surface area contributed by atoms with E-state index in [1.807, 2.05) is 30.0 Å². The van der Waals surface area contributed by atoms with E-state index in [9.17, 15) is 9.59 Å². The maximum Gasteiger partial charge on any atom is 0.238 e. The molecular weight excluding hydrogens is 396 g/mol. The fourth-order valence-electron chi connectivity index (χ4n) is 2.50. The molecular formula is C16H24BrClN4O2. The Hall–Kier alpha value is -1.15. The van der Waals surface area contributed by atoms with Crippen LogP contribution in [-0.4, -0.2) is 67.9 Å². The molecule has 1 saturated heterocycles. The van der Waals surface area contributed by atoms with E-state index in [2.05, 4.69) is 26.6 Å². The number of amides is 2. The highest BCUT2D eigenvalue weighted by Crippen LogP contribution is 2.19. The van der Waals surface area contributed by atoms with Crippen molar-refractivity contribution in [1.29, 1.82) is 0 Å². The maximum atomic E-state index is 12.2. The monoisotopic (exact) mass is 418 g/mol. The van der Waals surface area contributed by atoms with Gasteiger partial charge in [0.1, 0.15) is 0 Å². The summed E-state index contributed by atoms with van der Waals surface area (Å²) in [5, 5.41) is 6.10. The minimum absolute atomic E-state index is 0. The smallest absolute Gasteiger partial charge is 0.238 e. The Bertz CT molecular complexity index is 579. The number of likely N-dealkylation sites (N-methyl/N-ethyl adjacent to an activating group) is 1. The van der Waals surface area contributed by atoms with Gasteiger partial charge < -0.3 is 15.5 Å². The molecule has 24 heavy (non-hydrogen) atoms. The maximum absolute atomic E-state index is 12.2. The second-order valence-electron chi connectivity index (χ2n) is 5.81. The average Bonchev–Trinajstić information content (AvgIpc) is 2.50. The molecule has 1 heterocycles. The first kappa shape index (κ1) is 20.9. The van der Waals surface area contributed by atoms with Crippen molar-refractivity contribution in [3.63, 3.8) is 0 Å². The van der Waals surface area contributed by atoms with Gasteiger partial charge in [-0.2, -0.15) is 0 Å². The van der Waals surface area contributed by atoms with Crippen LogP contribution in [-0.2, 0) is 9.59 Å². The second-order valence-corrected chi connectivity index (χ2v) is 6.73. The highest BCUT2D eigenvalue weighted by molar-refractivity contribution is 9.10. The average molecular weight is 420 g/mol. The summed E-state index contributed by atoms with van der Waals surface area (Å²) in [6.45, 7) is 5.52. The highest BCUT2D eigenvalue weighted by atomic mass is 79.9. The molecule has 1 aromatic carbocycles. The Balaban J connectivity index is 0.00000288. The Morgan fingerprint density at radius 1 is 1.29 bits per heavy atom. The third kappa shape index (κ3) is 6.39. The fourth-order valence-corrected chi connectivity index (χ4v) is 2.98. The lowest BCUT2D eigenvalue weighted by Gasteiger charge is -2.29. The molecule has 0 unspecified atom stereocenters. The van der Waals surface area contributed by atoms with Crippen molar-refractivity contribution >= 4 is 45.8 Å². The van der Waals surface area contributed by atoms with Crippen molar-refractivity contribution < 1.29 is 9.59 Å². The summed E-state index contributed by atoms with van der Waals surface area (Å²) in [7, 11) is 1.79. The van der Waals surface area contributed by atoms with Crippen LogP contribution in [0.3, 0.4) is 0 Å². The molecule has 2 amide bonds. The van der Waals surface area contributed by atoms with E-state index >= 15 is 0 Å². The van der Waals surface area contributed by atoms with E-state index in [0.717, 1.165) is 41.9 Å². The molecule has 1 aliphatic heterocycles. The van der Waals surface area contributed by atoms with Crippen molar-refractivity contribution in [3.8, 4) is 0 Å². The lowest BCUT2D eigenvalue weighted by molar-refractivity contribution is -0.133. The van der Waals surface area contributed by atoms with E-state index < -0.39 is 0 Å². The summed E-state index contributed by atoms with van der Waals surface area (Å²) >= 11 is 3.40. The van der Waals surface area contributed by atoms with Gasteiger partial charge in [-0.25, -0.2) is 0 Å². The van der Waals surface area contributed by atoms with Gasteiger partial charge in [0.2, 0.25) is 11.8 Å². The zero-order chi connectivity index (χ0) is 16.8. The first-order valence-electron chi connectivity index (χ1n) is 7.69. The van der Waals surface area contributed by atoms with Crippen molar-refractivity contribution in [2.45, 2.75) is 6.92 Å². The molecule has 8 heteroatoms. The van der Waals surface area contributed by atoms with E-state index in [1.165, 1.54) is 0 Å². The Labute approximate surface area is 157 Å². The molecule has 1 aliphatic rings. The summed E-state index contributed by atoms with van der Waals surface area (Å²) < 4.78 is 0.978. The molecule has 2 N–H and O–H groups in total. The van der Waals surface area contributed by atoms with Crippen LogP contribution in [0.15, 0.2) is 22.7 Å². The van der Waals surface area contributed by atoms with Gasteiger partial charge in [0.25, 0.3) is 0 Å². The van der Waals surface area contributed by atoms with E-state index in [0.29, 0.717) is 0 Å². The third-order valence-electron chi connectivity index (χ3n) is 3.75. The van der Waals surface area contributed by atoms with Crippen molar-refractivity contribution in [2.24, 2.45) is 0 Å². The number of rotatable bonds is 5. The van der Waals surface area contributed by atoms with E-state index in [4.69, 9.17) is 0 Å². The lowest BCUT2D eigenvalue weighted by atomic mass is 10.2. The Kier molecular flexibility index (Phi) is 8.69. The summed E-state index contributed by atoms with van der Waals surface area (Å²) in [4.78, 5) is 27.9. The standard InChI is InChI=1S/C16H23BrN4O2.ClH/c1-12-9-13(17)3-4-14(12)19-15(22)10-20(2)11-16(23)21-7-5-18-6-8-21;/h3-4,9,18H,5-8,10-11H2,1-2H3,(H,19,22);1H. The number of hydrogen-bond acceptors (Lipinski definition) is 4. The Morgan fingerprint density at radius 3 is 2.58 bits per heavy atom. The molecule has 6 nitrogen and oxygen atoms in total. The predicted octanol–water partition coefficient (Wildman–Crippen LogP) is 1.48. The van der Waals surface area contributed by atoms with Crippen LogP contribution in [0.4, 0.5) is 5.69 Å². The number of nitrogens with zero attached hydrogens (tertiary/aromatic N) is 2. The fraction of sp³-hybridized carbons (Fsp3) is 0.500. The number of carbonyl (C=O) groups excluding carboxylic acids is 2. The number of piperazine rings is 1. The van der Waals surface area contributed by atoms with Crippen LogP contribution < -0.4 is 10.6 Å². The third-order valence-corrected chi connectivity index (χ3v) is 4.24. The van der Waals surface area contributed by atoms with Crippen LogP contribution in [0.1, 0.15) is 5.56 Å². The molecule has 1 fully saturated rings. The van der Waals surface area contributed by atoms with E-state index in [-0.39, 0.29) is 37.3 Å². The first-order valence-corrected chi connectivity index (χ1v) is 8.48. The lowest BCUT2D eigenvalue weighted by Crippen LogP contribution is -2.49. The van der Waals surface area contributed by atoms with Gasteiger partial charge >= 0.3 is 0 Å². The number of anilines is 1. The van der Waals surface area contributed by atoms with Gasteiger partial charge in [-0.15, -0.1) is 12.4 Å². The van der Waals surface area contributed by atoms with Gasteiger partial charge in [0.05, 0.1) is 13.1 Å². The van der Waals surface area contributed by atoms with Gasteiger partial charge in [0.15, 0.2) is 0 Å². The normalized spacial score (nSPS) is 14.2. The van der Waals surface area contributed by atoms with Gasteiger partial charge in [-0.3, -0.25) is 14.5 Å². The van der Waals surface area contributed by atoms with Crippen LogP contribution in [0.5, 0.6) is 0 Å². The van der Waals surface area contributed by atoms with Crippen LogP contribution in [0, 0.1) is 6.92 Å². The molecule has 0 spiro atoms. The second kappa shape index (κ2) is 9.98. The highest BCUT2D eigenvalue weighted by Gasteiger charge is 2.18. The molecule has 0 aromatic heterocycles. The van der Waals surface area contributed by atoms with Crippen molar-refractivity contribution in [1.82, 2.24) is 15.1 Å². The van der Waals surface area contributed by atoms with Gasteiger partial charge in [-0.1, -0.05) is 15.9 Å². The number of hydrogen-bond donors (Lipinski definition) is 2. The van der Waals surface area contributed by atoms with Gasteiger partial charge in [0, 0.05) is 36.3 Å². The first-order chi connectivity index (χ1) is 11.0. The predicted molar refractivity (Wildman–Crippen MR) is 102 cm³/mol. The van der Waals surface area contributed by atoms with Crippen LogP contribution in [0.25, 0.3) is 0 Å². The molecule has 0 atom stereocenters. The SMILES string of the molecule is Cc1cc(Br)ccc1NC(=O)CN(C)CC(=O)N1CCNCC1.Cl. The van der Waals surface area contributed by atoms with Crippen molar-refractivity contribution in [3.05, 3.63) is 28.2 Å².